The minimum atomic E-state index is -0.267. The van der Waals surface area contributed by atoms with Crippen LogP contribution in [-0.4, -0.2) is 19.1 Å². The lowest BCUT2D eigenvalue weighted by atomic mass is 10.0. The Kier molecular flexibility index (Phi) is 5.83. The van der Waals surface area contributed by atoms with Gasteiger partial charge in [-0.15, -0.1) is 0 Å². The number of benzene rings is 1. The second-order valence-electron chi connectivity index (χ2n) is 4.93. The maximum Gasteiger partial charge on any atom is 0.313 e. The number of ether oxygens (including phenoxy) is 2. The van der Waals surface area contributed by atoms with E-state index in [1.54, 1.807) is 27.0 Å². The molecule has 0 aliphatic heterocycles. The molecule has 0 radical (unpaired) electrons. The molecule has 0 aliphatic rings. The molecule has 0 amide bonds. The van der Waals surface area contributed by atoms with Crippen LogP contribution in [0.2, 0.25) is 0 Å². The van der Waals surface area contributed by atoms with Gasteiger partial charge in [-0.1, -0.05) is 26.8 Å². The largest absolute Gasteiger partial charge is 0.493 e. The van der Waals surface area contributed by atoms with Crippen LogP contribution in [0.3, 0.4) is 0 Å². The molecule has 0 saturated heterocycles. The van der Waals surface area contributed by atoms with Gasteiger partial charge in [-0.05, 0) is 30.5 Å². The predicted octanol–water partition coefficient (Wildman–Crippen LogP) is 2.54. The van der Waals surface area contributed by atoms with Gasteiger partial charge in [0, 0.05) is 6.04 Å². The van der Waals surface area contributed by atoms with E-state index in [1.807, 2.05) is 12.1 Å². The van der Waals surface area contributed by atoms with E-state index < -0.39 is 0 Å². The number of rotatable bonds is 6. The van der Waals surface area contributed by atoms with Gasteiger partial charge in [-0.3, -0.25) is 4.79 Å². The Morgan fingerprint density at radius 1 is 1.32 bits per heavy atom. The first-order chi connectivity index (χ1) is 8.97. The third-order valence-electron chi connectivity index (χ3n) is 2.93. The minimum absolute atomic E-state index is 0.133. The molecule has 0 aromatic heterocycles. The summed E-state index contributed by atoms with van der Waals surface area (Å²) in [6.45, 7) is 5.65. The highest BCUT2D eigenvalue weighted by atomic mass is 16.6. The molecule has 0 bridgehead atoms. The van der Waals surface area contributed by atoms with Crippen LogP contribution in [0.15, 0.2) is 18.2 Å². The highest BCUT2D eigenvalue weighted by Crippen LogP contribution is 2.29. The molecule has 1 aromatic carbocycles. The lowest BCUT2D eigenvalue weighted by molar-refractivity contribution is -0.137. The van der Waals surface area contributed by atoms with E-state index in [4.69, 9.17) is 15.2 Å². The Bertz CT molecular complexity index is 429. The summed E-state index contributed by atoms with van der Waals surface area (Å²) >= 11 is 0. The van der Waals surface area contributed by atoms with Crippen LogP contribution in [0, 0.1) is 5.92 Å². The minimum Gasteiger partial charge on any atom is -0.493 e. The van der Waals surface area contributed by atoms with Crippen LogP contribution in [0.5, 0.6) is 11.5 Å². The number of esters is 1. The van der Waals surface area contributed by atoms with Gasteiger partial charge in [0.15, 0.2) is 11.5 Å². The summed E-state index contributed by atoms with van der Waals surface area (Å²) in [4.78, 5) is 11.6. The van der Waals surface area contributed by atoms with Crippen LogP contribution in [-0.2, 0) is 11.2 Å². The van der Waals surface area contributed by atoms with Crippen LogP contribution >= 0.6 is 0 Å². The molecule has 0 heterocycles. The van der Waals surface area contributed by atoms with Gasteiger partial charge in [-0.2, -0.15) is 0 Å². The first kappa shape index (κ1) is 15.5. The van der Waals surface area contributed by atoms with E-state index in [0.717, 1.165) is 18.4 Å². The van der Waals surface area contributed by atoms with Crippen molar-refractivity contribution >= 4 is 5.97 Å². The molecule has 0 spiro atoms. The molecular weight excluding hydrogens is 242 g/mol. The molecule has 4 heteroatoms. The Hall–Kier alpha value is -1.55. The first-order valence-electron chi connectivity index (χ1n) is 6.62. The second-order valence-corrected chi connectivity index (χ2v) is 4.93. The Morgan fingerprint density at radius 2 is 2.00 bits per heavy atom. The molecule has 1 atom stereocenters. The van der Waals surface area contributed by atoms with Crippen molar-refractivity contribution in [3.8, 4) is 11.5 Å². The third kappa shape index (κ3) is 4.56. The molecule has 1 unspecified atom stereocenters. The zero-order chi connectivity index (χ0) is 14.4. The van der Waals surface area contributed by atoms with E-state index >= 15 is 0 Å². The monoisotopic (exact) mass is 265 g/mol. The summed E-state index contributed by atoms with van der Waals surface area (Å²) in [7, 11) is 1.56. The van der Waals surface area contributed by atoms with Crippen LogP contribution in [0.1, 0.15) is 32.8 Å². The van der Waals surface area contributed by atoms with Crippen molar-refractivity contribution in [2.75, 3.05) is 7.11 Å². The zero-order valence-corrected chi connectivity index (χ0v) is 12.1. The van der Waals surface area contributed by atoms with Gasteiger partial charge in [0.2, 0.25) is 0 Å². The molecule has 1 aromatic rings. The molecule has 106 valence electrons. The summed E-state index contributed by atoms with van der Waals surface area (Å²) in [5.74, 6) is 0.582. The van der Waals surface area contributed by atoms with Crippen molar-refractivity contribution in [3.05, 3.63) is 23.8 Å². The fourth-order valence-electron chi connectivity index (χ4n) is 1.60. The molecule has 0 saturated carbocycles. The first-order valence-corrected chi connectivity index (χ1v) is 6.62. The van der Waals surface area contributed by atoms with Crippen molar-refractivity contribution in [1.29, 1.82) is 0 Å². The quantitative estimate of drug-likeness (QED) is 0.634. The van der Waals surface area contributed by atoms with Crippen molar-refractivity contribution in [2.45, 2.75) is 39.7 Å². The molecular formula is C15H23NO3. The SMILES string of the molecule is CCC(N)Cc1ccc(OC(=O)C(C)C)c(OC)c1. The molecule has 4 nitrogen and oxygen atoms in total. The van der Waals surface area contributed by atoms with Gasteiger partial charge in [0.25, 0.3) is 0 Å². The van der Waals surface area contributed by atoms with Crippen LogP contribution in [0.25, 0.3) is 0 Å². The maximum atomic E-state index is 11.6. The second kappa shape index (κ2) is 7.14. The smallest absolute Gasteiger partial charge is 0.313 e. The van der Waals surface area contributed by atoms with E-state index in [0.29, 0.717) is 11.5 Å². The molecule has 0 aliphatic carbocycles. The van der Waals surface area contributed by atoms with Gasteiger partial charge in [0.05, 0.1) is 13.0 Å². The predicted molar refractivity (Wildman–Crippen MR) is 75.4 cm³/mol. The summed E-state index contributed by atoms with van der Waals surface area (Å²) in [6, 6.07) is 5.68. The van der Waals surface area contributed by atoms with Crippen molar-refractivity contribution in [1.82, 2.24) is 0 Å². The lowest BCUT2D eigenvalue weighted by Crippen LogP contribution is -2.21. The lowest BCUT2D eigenvalue weighted by Gasteiger charge is -2.13. The highest BCUT2D eigenvalue weighted by molar-refractivity contribution is 5.75. The number of carbonyl (C=O) groups excluding carboxylic acids is 1. The molecule has 0 fully saturated rings. The van der Waals surface area contributed by atoms with Crippen molar-refractivity contribution < 1.29 is 14.3 Å². The molecule has 2 N–H and O–H groups in total. The fraction of sp³-hybridized carbons (Fsp3) is 0.533. The number of hydrogen-bond donors (Lipinski definition) is 1. The molecule has 19 heavy (non-hydrogen) atoms. The van der Waals surface area contributed by atoms with Gasteiger partial charge in [0.1, 0.15) is 0 Å². The Balaban J connectivity index is 2.87. The molecule has 1 rings (SSSR count). The normalized spacial score (nSPS) is 12.3. The topological polar surface area (TPSA) is 61.5 Å². The summed E-state index contributed by atoms with van der Waals surface area (Å²) in [5, 5.41) is 0. The highest BCUT2D eigenvalue weighted by Gasteiger charge is 2.14. The van der Waals surface area contributed by atoms with Crippen LogP contribution < -0.4 is 15.2 Å². The Labute approximate surface area is 114 Å². The van der Waals surface area contributed by atoms with Crippen LogP contribution in [0.4, 0.5) is 0 Å². The summed E-state index contributed by atoms with van der Waals surface area (Å²) < 4.78 is 10.6. The third-order valence-corrected chi connectivity index (χ3v) is 2.93. The average molecular weight is 265 g/mol. The summed E-state index contributed by atoms with van der Waals surface area (Å²) in [5.41, 5.74) is 7.01. The standard InChI is InChI=1S/C15H23NO3/c1-5-12(16)8-11-6-7-13(14(9-11)18-4)19-15(17)10(2)3/h6-7,9-10,12H,5,8,16H2,1-4H3. The maximum absolute atomic E-state index is 11.6. The zero-order valence-electron chi connectivity index (χ0n) is 12.1. The average Bonchev–Trinajstić information content (AvgIpc) is 2.39. The van der Waals surface area contributed by atoms with E-state index in [2.05, 4.69) is 6.92 Å². The van der Waals surface area contributed by atoms with E-state index in [9.17, 15) is 4.79 Å². The van der Waals surface area contributed by atoms with Gasteiger partial charge >= 0.3 is 5.97 Å². The van der Waals surface area contributed by atoms with Gasteiger partial charge < -0.3 is 15.2 Å². The van der Waals surface area contributed by atoms with Crippen molar-refractivity contribution in [2.24, 2.45) is 11.7 Å². The number of hydrogen-bond acceptors (Lipinski definition) is 4. The Morgan fingerprint density at radius 3 is 2.53 bits per heavy atom. The number of methoxy groups -OCH3 is 1. The summed E-state index contributed by atoms with van der Waals surface area (Å²) in [6.07, 6.45) is 1.71. The fourth-order valence-corrected chi connectivity index (χ4v) is 1.60. The number of nitrogens with two attached hydrogens (primary N) is 1. The van der Waals surface area contributed by atoms with Gasteiger partial charge in [-0.25, -0.2) is 0 Å². The van der Waals surface area contributed by atoms with E-state index in [-0.39, 0.29) is 17.9 Å². The number of carbonyl (C=O) groups is 1. The van der Waals surface area contributed by atoms with E-state index in [1.165, 1.54) is 0 Å². The van der Waals surface area contributed by atoms with Crippen molar-refractivity contribution in [3.63, 3.8) is 0 Å².